The largest absolute Gasteiger partial charge is 0.323 e. The number of thiophene rings is 1. The Kier molecular flexibility index (Phi) is 3.81. The number of nitrogens with zero attached hydrogens (tertiary/aromatic N) is 1. The summed E-state index contributed by atoms with van der Waals surface area (Å²) >= 11 is 16.3. The van der Waals surface area contributed by atoms with Gasteiger partial charge in [0.1, 0.15) is 4.83 Å². The van der Waals surface area contributed by atoms with Gasteiger partial charge >= 0.3 is 0 Å². The van der Waals surface area contributed by atoms with E-state index < -0.39 is 0 Å². The predicted molar refractivity (Wildman–Crippen MR) is 94.8 cm³/mol. The molecule has 3 rings (SSSR count). The van der Waals surface area contributed by atoms with Crippen molar-refractivity contribution in [2.45, 2.75) is 13.8 Å². The summed E-state index contributed by atoms with van der Waals surface area (Å²) < 4.78 is 2.59. The van der Waals surface area contributed by atoms with Crippen LogP contribution in [0.3, 0.4) is 0 Å². The first-order valence-corrected chi connectivity index (χ1v) is 8.50. The van der Waals surface area contributed by atoms with Gasteiger partial charge in [-0.2, -0.15) is 0 Å². The summed E-state index contributed by atoms with van der Waals surface area (Å²) in [5.74, 6) is 0. The lowest BCUT2D eigenvalue weighted by Gasteiger charge is -2.09. The van der Waals surface area contributed by atoms with Crippen LogP contribution >= 0.6 is 51.1 Å². The van der Waals surface area contributed by atoms with Gasteiger partial charge in [-0.05, 0) is 65.8 Å². The molecule has 0 saturated heterocycles. The Labute approximate surface area is 143 Å². The van der Waals surface area contributed by atoms with E-state index in [-0.39, 0.29) is 5.56 Å². The number of nitrogens with one attached hydrogen (secondary N) is 1. The third kappa shape index (κ3) is 2.40. The Morgan fingerprint density at radius 3 is 2.76 bits per heavy atom. The number of aromatic amines is 1. The van der Waals surface area contributed by atoms with Gasteiger partial charge in [-0.15, -0.1) is 11.3 Å². The van der Waals surface area contributed by atoms with Crippen molar-refractivity contribution in [1.29, 1.82) is 0 Å². The van der Waals surface area contributed by atoms with Gasteiger partial charge in [0.05, 0.1) is 11.1 Å². The van der Waals surface area contributed by atoms with Gasteiger partial charge in [-0.25, -0.2) is 0 Å². The molecule has 3 nitrogen and oxygen atoms in total. The first-order valence-electron chi connectivity index (χ1n) is 6.10. The molecule has 108 valence electrons. The van der Waals surface area contributed by atoms with Gasteiger partial charge in [0.15, 0.2) is 4.77 Å². The number of rotatable bonds is 1. The number of hydrogen-bond acceptors (Lipinski definition) is 3. The fourth-order valence-electron chi connectivity index (χ4n) is 2.21. The molecule has 0 atom stereocenters. The third-order valence-electron chi connectivity index (χ3n) is 3.38. The first-order chi connectivity index (χ1) is 9.90. The normalized spacial score (nSPS) is 11.2. The average Bonchev–Trinajstić information content (AvgIpc) is 2.67. The number of benzene rings is 1. The highest BCUT2D eigenvalue weighted by atomic mass is 79.9. The van der Waals surface area contributed by atoms with E-state index in [9.17, 15) is 4.79 Å². The molecular weight excluding hydrogens is 392 g/mol. The Bertz CT molecular complexity index is 987. The van der Waals surface area contributed by atoms with Crippen LogP contribution in [0.1, 0.15) is 10.4 Å². The highest BCUT2D eigenvalue weighted by Gasteiger charge is 2.15. The molecule has 0 radical (unpaired) electrons. The van der Waals surface area contributed by atoms with Crippen molar-refractivity contribution in [3.8, 4) is 5.69 Å². The van der Waals surface area contributed by atoms with Crippen molar-refractivity contribution in [2.75, 3.05) is 0 Å². The van der Waals surface area contributed by atoms with E-state index in [2.05, 4.69) is 20.9 Å². The fraction of sp³-hybridized carbons (Fsp3) is 0.143. The average molecular weight is 402 g/mol. The number of hydrogen-bond donors (Lipinski definition) is 1. The number of halogens is 2. The molecule has 7 heteroatoms. The van der Waals surface area contributed by atoms with Crippen LogP contribution < -0.4 is 5.56 Å². The molecule has 1 N–H and O–H groups in total. The summed E-state index contributed by atoms with van der Waals surface area (Å²) in [7, 11) is 0. The monoisotopic (exact) mass is 400 g/mol. The zero-order valence-corrected chi connectivity index (χ0v) is 15.1. The van der Waals surface area contributed by atoms with E-state index in [1.54, 1.807) is 29.5 Å². The minimum atomic E-state index is -0.112. The van der Waals surface area contributed by atoms with Crippen molar-refractivity contribution in [3.05, 3.63) is 53.3 Å². The molecule has 0 unspecified atom stereocenters. The predicted octanol–water partition coefficient (Wildman–Crippen LogP) is 5.14. The number of aryl methyl sites for hydroxylation is 2. The molecule has 0 aliphatic heterocycles. The Morgan fingerprint density at radius 2 is 2.10 bits per heavy atom. The standard InChI is InChI=1S/C14H10BrClN2OS2/c1-6-7(2)21-12-11(6)13(19)18(14(20)17-12)10-4-3-8(16)5-9(10)15/h3-5H,1-2H3,(H,17,20). The van der Waals surface area contributed by atoms with E-state index in [0.717, 1.165) is 19.7 Å². The van der Waals surface area contributed by atoms with Crippen LogP contribution in [-0.2, 0) is 0 Å². The summed E-state index contributed by atoms with van der Waals surface area (Å²) in [6.45, 7) is 3.95. The van der Waals surface area contributed by atoms with Crippen LogP contribution in [0.25, 0.3) is 15.9 Å². The fourth-order valence-corrected chi connectivity index (χ4v) is 4.47. The van der Waals surface area contributed by atoms with Crippen LogP contribution in [0, 0.1) is 18.6 Å². The maximum Gasteiger partial charge on any atom is 0.267 e. The summed E-state index contributed by atoms with van der Waals surface area (Å²) in [6.07, 6.45) is 0. The van der Waals surface area contributed by atoms with Gasteiger partial charge in [0.25, 0.3) is 5.56 Å². The number of H-pyrrole nitrogens is 1. The van der Waals surface area contributed by atoms with Crippen LogP contribution in [-0.4, -0.2) is 9.55 Å². The maximum absolute atomic E-state index is 12.9. The lowest BCUT2D eigenvalue weighted by Crippen LogP contribution is -2.20. The molecule has 3 aromatic rings. The van der Waals surface area contributed by atoms with Crippen molar-refractivity contribution < 1.29 is 0 Å². The Morgan fingerprint density at radius 1 is 1.38 bits per heavy atom. The van der Waals surface area contributed by atoms with Crippen molar-refractivity contribution >= 4 is 61.3 Å². The van der Waals surface area contributed by atoms with Gasteiger partial charge in [-0.3, -0.25) is 9.36 Å². The number of aromatic nitrogens is 2. The van der Waals surface area contributed by atoms with Gasteiger partial charge in [-0.1, -0.05) is 11.6 Å². The molecule has 0 amide bonds. The number of fused-ring (bicyclic) bond motifs is 1. The summed E-state index contributed by atoms with van der Waals surface area (Å²) in [4.78, 5) is 17.9. The van der Waals surface area contributed by atoms with Crippen molar-refractivity contribution in [1.82, 2.24) is 9.55 Å². The van der Waals surface area contributed by atoms with E-state index >= 15 is 0 Å². The molecule has 0 saturated carbocycles. The molecule has 0 fully saturated rings. The molecule has 0 bridgehead atoms. The van der Waals surface area contributed by atoms with Gasteiger partial charge in [0.2, 0.25) is 0 Å². The van der Waals surface area contributed by atoms with E-state index in [1.807, 2.05) is 13.8 Å². The highest BCUT2D eigenvalue weighted by molar-refractivity contribution is 9.10. The second-order valence-electron chi connectivity index (χ2n) is 4.65. The third-order valence-corrected chi connectivity index (χ3v) is 5.65. The summed E-state index contributed by atoms with van der Waals surface area (Å²) in [6, 6.07) is 5.25. The Hall–Kier alpha value is -0.950. The minimum Gasteiger partial charge on any atom is -0.323 e. The van der Waals surface area contributed by atoms with Crippen LogP contribution in [0.2, 0.25) is 5.02 Å². The molecule has 0 aliphatic carbocycles. The smallest absolute Gasteiger partial charge is 0.267 e. The topological polar surface area (TPSA) is 37.8 Å². The maximum atomic E-state index is 12.9. The lowest BCUT2D eigenvalue weighted by atomic mass is 10.2. The van der Waals surface area contributed by atoms with Crippen LogP contribution in [0.15, 0.2) is 27.5 Å². The minimum absolute atomic E-state index is 0.112. The van der Waals surface area contributed by atoms with Crippen LogP contribution in [0.5, 0.6) is 0 Å². The van der Waals surface area contributed by atoms with E-state index in [0.29, 0.717) is 20.9 Å². The quantitative estimate of drug-likeness (QED) is 0.573. The molecule has 2 heterocycles. The van der Waals surface area contributed by atoms with E-state index in [4.69, 9.17) is 23.8 Å². The zero-order valence-electron chi connectivity index (χ0n) is 11.2. The molecular formula is C14H10BrClN2OS2. The second kappa shape index (κ2) is 5.35. The van der Waals surface area contributed by atoms with E-state index in [1.165, 1.54) is 4.57 Å². The lowest BCUT2D eigenvalue weighted by molar-refractivity contribution is 0.937. The van der Waals surface area contributed by atoms with Crippen molar-refractivity contribution in [2.24, 2.45) is 0 Å². The molecule has 0 spiro atoms. The van der Waals surface area contributed by atoms with Gasteiger partial charge in [0, 0.05) is 14.4 Å². The Balaban J connectivity index is 2.46. The van der Waals surface area contributed by atoms with Gasteiger partial charge < -0.3 is 4.98 Å². The molecule has 1 aromatic carbocycles. The highest BCUT2D eigenvalue weighted by Crippen LogP contribution is 2.28. The van der Waals surface area contributed by atoms with Crippen molar-refractivity contribution in [3.63, 3.8) is 0 Å². The SMILES string of the molecule is Cc1sc2[nH]c(=S)n(-c3ccc(Cl)cc3Br)c(=O)c2c1C. The van der Waals surface area contributed by atoms with Crippen LogP contribution in [0.4, 0.5) is 0 Å². The molecule has 2 aromatic heterocycles. The first kappa shape index (κ1) is 15.0. The molecule has 21 heavy (non-hydrogen) atoms. The second-order valence-corrected chi connectivity index (χ2v) is 7.56. The summed E-state index contributed by atoms with van der Waals surface area (Å²) in [5, 5.41) is 1.28. The molecule has 0 aliphatic rings. The summed E-state index contributed by atoms with van der Waals surface area (Å²) in [5.41, 5.74) is 1.56. The zero-order chi connectivity index (χ0) is 15.3.